The van der Waals surface area contributed by atoms with E-state index in [1.165, 1.54) is 12.1 Å². The third-order valence-corrected chi connectivity index (χ3v) is 6.93. The van der Waals surface area contributed by atoms with Crippen LogP contribution in [0.2, 0.25) is 0 Å². The van der Waals surface area contributed by atoms with Gasteiger partial charge in [0.15, 0.2) is 11.5 Å². The molecular formula is C30H47NO8. The number of rotatable bonds is 16. The van der Waals surface area contributed by atoms with Gasteiger partial charge in [-0.05, 0) is 83.9 Å². The maximum atomic E-state index is 12.8. The largest absolute Gasteiger partial charge is 0.480 e. The molecule has 0 aromatic heterocycles. The van der Waals surface area contributed by atoms with Crippen molar-refractivity contribution in [3.63, 3.8) is 0 Å². The first-order valence-electron chi connectivity index (χ1n) is 13.8. The number of carboxylic acids is 1. The Kier molecular flexibility index (Phi) is 13.1. The molecule has 0 spiro atoms. The first-order chi connectivity index (χ1) is 18.0. The van der Waals surface area contributed by atoms with Crippen LogP contribution < -0.4 is 14.8 Å². The maximum absolute atomic E-state index is 12.8. The van der Waals surface area contributed by atoms with Crippen LogP contribution in [0.1, 0.15) is 93.6 Å². The van der Waals surface area contributed by atoms with Crippen LogP contribution in [-0.2, 0) is 30.3 Å². The Hall–Kier alpha value is -2.94. The van der Waals surface area contributed by atoms with Gasteiger partial charge >= 0.3 is 23.9 Å². The fourth-order valence-corrected chi connectivity index (χ4v) is 3.13. The molecule has 2 N–H and O–H groups in total. The highest BCUT2D eigenvalue weighted by Crippen LogP contribution is 2.34. The maximum Gasteiger partial charge on any atom is 0.321 e. The van der Waals surface area contributed by atoms with Gasteiger partial charge < -0.3 is 24.6 Å². The second kappa shape index (κ2) is 15.0. The molecule has 0 bridgehead atoms. The van der Waals surface area contributed by atoms with Crippen molar-refractivity contribution in [3.05, 3.63) is 23.8 Å². The van der Waals surface area contributed by atoms with Gasteiger partial charge in [0.2, 0.25) is 0 Å². The molecule has 1 aromatic rings. The van der Waals surface area contributed by atoms with E-state index in [0.29, 0.717) is 30.7 Å². The number of carbonyl (C=O) groups excluding carboxylic acids is 3. The highest BCUT2D eigenvalue weighted by molar-refractivity contribution is 5.81. The summed E-state index contributed by atoms with van der Waals surface area (Å²) in [6.45, 7) is 16.7. The second-order valence-corrected chi connectivity index (χ2v) is 11.8. The van der Waals surface area contributed by atoms with Gasteiger partial charge in [0.25, 0.3) is 0 Å². The monoisotopic (exact) mass is 549 g/mol. The number of hydrogen-bond donors (Lipinski definition) is 2. The van der Waals surface area contributed by atoms with Gasteiger partial charge in [0.1, 0.15) is 12.1 Å². The van der Waals surface area contributed by atoms with E-state index in [1.54, 1.807) is 40.7 Å². The SMILES string of the molecule is CCC(C)(C)C(=O)Oc1ccc(C[C@H](NCC(C)OC(=O)CCC(C)C)C(=O)O)cc1OC(=O)C(C)(C)CC. The molecule has 0 fully saturated rings. The molecule has 9 nitrogen and oxygen atoms in total. The van der Waals surface area contributed by atoms with Crippen molar-refractivity contribution in [1.29, 1.82) is 0 Å². The van der Waals surface area contributed by atoms with Gasteiger partial charge in [-0.2, -0.15) is 0 Å². The smallest absolute Gasteiger partial charge is 0.321 e. The number of carboxylic acid groups (broad SMARTS) is 1. The molecule has 0 radical (unpaired) electrons. The Labute approximate surface area is 233 Å². The minimum absolute atomic E-state index is 0.0517. The Morgan fingerprint density at radius 1 is 0.897 bits per heavy atom. The van der Waals surface area contributed by atoms with Gasteiger partial charge in [0, 0.05) is 13.0 Å². The van der Waals surface area contributed by atoms with Crippen molar-refractivity contribution in [1.82, 2.24) is 5.32 Å². The molecule has 0 amide bonds. The van der Waals surface area contributed by atoms with E-state index in [2.05, 4.69) is 5.32 Å². The molecule has 0 saturated carbocycles. The zero-order chi connectivity index (χ0) is 30.0. The van der Waals surface area contributed by atoms with Crippen molar-refractivity contribution in [2.75, 3.05) is 6.54 Å². The Morgan fingerprint density at radius 2 is 1.44 bits per heavy atom. The lowest BCUT2D eigenvalue weighted by atomic mass is 9.90. The average molecular weight is 550 g/mol. The standard InChI is InChI=1S/C30H47NO8/c1-10-29(6,7)27(35)38-23-14-13-21(17-24(23)39-28(36)30(8,9)11-2)16-22(26(33)34)31-18-20(5)37-25(32)15-12-19(3)4/h13-14,17,19-20,22,31H,10-12,15-16,18H2,1-9H3,(H,33,34)/t20?,22-/m0/s1. The van der Waals surface area contributed by atoms with Crippen LogP contribution in [0, 0.1) is 16.7 Å². The first-order valence-corrected chi connectivity index (χ1v) is 13.8. The minimum Gasteiger partial charge on any atom is -0.480 e. The average Bonchev–Trinajstić information content (AvgIpc) is 2.86. The van der Waals surface area contributed by atoms with Crippen molar-refractivity contribution < 1.29 is 38.5 Å². The summed E-state index contributed by atoms with van der Waals surface area (Å²) >= 11 is 0. The summed E-state index contributed by atoms with van der Waals surface area (Å²) in [6.07, 6.45) is 1.67. The van der Waals surface area contributed by atoms with Crippen molar-refractivity contribution in [2.24, 2.45) is 16.7 Å². The summed E-state index contributed by atoms with van der Waals surface area (Å²) in [6, 6.07) is 3.68. The van der Waals surface area contributed by atoms with Crippen LogP contribution >= 0.6 is 0 Å². The number of hydrogen-bond acceptors (Lipinski definition) is 8. The lowest BCUT2D eigenvalue weighted by molar-refractivity contribution is -0.148. The number of esters is 3. The van der Waals surface area contributed by atoms with Crippen molar-refractivity contribution in [2.45, 2.75) is 107 Å². The summed E-state index contributed by atoms with van der Waals surface area (Å²) in [7, 11) is 0. The van der Waals surface area contributed by atoms with Gasteiger partial charge in [-0.25, -0.2) is 0 Å². The molecule has 0 aliphatic heterocycles. The number of nitrogens with one attached hydrogen (secondary N) is 1. The third-order valence-electron chi connectivity index (χ3n) is 6.93. The molecule has 220 valence electrons. The predicted molar refractivity (Wildman–Crippen MR) is 149 cm³/mol. The predicted octanol–water partition coefficient (Wildman–Crippen LogP) is 5.32. The summed E-state index contributed by atoms with van der Waals surface area (Å²) in [5, 5.41) is 12.7. The fraction of sp³-hybridized carbons (Fsp3) is 0.667. The van der Waals surface area contributed by atoms with Crippen LogP contribution in [0.5, 0.6) is 11.5 Å². The first kappa shape index (κ1) is 34.1. The number of benzene rings is 1. The van der Waals surface area contributed by atoms with Crippen molar-refractivity contribution in [3.8, 4) is 11.5 Å². The lowest BCUT2D eigenvalue weighted by Crippen LogP contribution is -2.42. The van der Waals surface area contributed by atoms with Crippen molar-refractivity contribution >= 4 is 23.9 Å². The third kappa shape index (κ3) is 11.4. The molecule has 1 aromatic carbocycles. The number of aliphatic carboxylic acids is 1. The highest BCUT2D eigenvalue weighted by atomic mass is 16.6. The summed E-state index contributed by atoms with van der Waals surface area (Å²) in [5.41, 5.74) is -0.952. The van der Waals surface area contributed by atoms with E-state index in [-0.39, 0.29) is 30.4 Å². The van der Waals surface area contributed by atoms with Crippen LogP contribution in [0.3, 0.4) is 0 Å². The number of carbonyl (C=O) groups is 4. The molecule has 39 heavy (non-hydrogen) atoms. The summed E-state index contributed by atoms with van der Waals surface area (Å²) < 4.78 is 16.7. The molecule has 2 atom stereocenters. The molecular weight excluding hydrogens is 502 g/mol. The molecule has 1 rings (SSSR count). The van der Waals surface area contributed by atoms with E-state index in [0.717, 1.165) is 6.42 Å². The second-order valence-electron chi connectivity index (χ2n) is 11.8. The van der Waals surface area contributed by atoms with Crippen LogP contribution in [0.15, 0.2) is 18.2 Å². The zero-order valence-electron chi connectivity index (χ0n) is 25.0. The molecule has 0 saturated heterocycles. The topological polar surface area (TPSA) is 128 Å². The molecule has 0 aliphatic rings. The fourth-order valence-electron chi connectivity index (χ4n) is 3.13. The highest BCUT2D eigenvalue weighted by Gasteiger charge is 2.32. The van der Waals surface area contributed by atoms with E-state index < -0.39 is 40.9 Å². The zero-order valence-corrected chi connectivity index (χ0v) is 25.0. The lowest BCUT2D eigenvalue weighted by Gasteiger charge is -2.24. The van der Waals surface area contributed by atoms with Gasteiger partial charge in [-0.3, -0.25) is 19.2 Å². The van der Waals surface area contributed by atoms with Gasteiger partial charge in [0.05, 0.1) is 10.8 Å². The molecule has 9 heteroatoms. The summed E-state index contributed by atoms with van der Waals surface area (Å²) in [5.74, 6) is -1.83. The normalized spacial score (nSPS) is 13.5. The van der Waals surface area contributed by atoms with E-state index in [9.17, 15) is 24.3 Å². The Balaban J connectivity index is 3.09. The summed E-state index contributed by atoms with van der Waals surface area (Å²) in [4.78, 5) is 49.5. The minimum atomic E-state index is -1.08. The quantitative estimate of drug-likeness (QED) is 0.208. The number of ether oxygens (including phenoxy) is 3. The molecule has 0 heterocycles. The molecule has 1 unspecified atom stereocenters. The van der Waals surface area contributed by atoms with Crippen LogP contribution in [0.4, 0.5) is 0 Å². The van der Waals surface area contributed by atoms with Gasteiger partial charge in [-0.15, -0.1) is 0 Å². The van der Waals surface area contributed by atoms with E-state index >= 15 is 0 Å². The van der Waals surface area contributed by atoms with Crippen LogP contribution in [0.25, 0.3) is 0 Å². The van der Waals surface area contributed by atoms with E-state index in [1.807, 2.05) is 27.7 Å². The van der Waals surface area contributed by atoms with E-state index in [4.69, 9.17) is 14.2 Å². The molecule has 0 aliphatic carbocycles. The Bertz CT molecular complexity index is 999. The Morgan fingerprint density at radius 3 is 1.92 bits per heavy atom. The van der Waals surface area contributed by atoms with Crippen LogP contribution in [-0.4, -0.2) is 47.7 Å². The van der Waals surface area contributed by atoms with Gasteiger partial charge in [-0.1, -0.05) is 33.8 Å².